The van der Waals surface area contributed by atoms with Gasteiger partial charge in [-0.15, -0.1) is 0 Å². The van der Waals surface area contributed by atoms with E-state index in [0.29, 0.717) is 13.0 Å². The highest BCUT2D eigenvalue weighted by atomic mass is 16.5. The van der Waals surface area contributed by atoms with E-state index >= 15 is 0 Å². The third-order valence-corrected chi connectivity index (χ3v) is 5.65. The van der Waals surface area contributed by atoms with Gasteiger partial charge < -0.3 is 9.84 Å². The first-order chi connectivity index (χ1) is 13.9. The fourth-order valence-electron chi connectivity index (χ4n) is 3.72. The maximum Gasteiger partial charge on any atom is 0.303 e. The minimum absolute atomic E-state index is 0.144. The summed E-state index contributed by atoms with van der Waals surface area (Å²) in [5.41, 5.74) is 6.75. The Morgan fingerprint density at radius 1 is 1.14 bits per heavy atom. The lowest BCUT2D eigenvalue weighted by molar-refractivity contribution is -0.136. The van der Waals surface area contributed by atoms with Crippen LogP contribution in [0.4, 0.5) is 5.69 Å². The largest absolute Gasteiger partial charge is 0.491 e. The van der Waals surface area contributed by atoms with Gasteiger partial charge in [0.15, 0.2) is 0 Å². The van der Waals surface area contributed by atoms with Crippen LogP contribution in [0.15, 0.2) is 41.5 Å². The SMILES string of the molecule is CCc1ccc(N2N=C(C)CC2COc2ccc(CCC(=O)O)c(C)c2C)cc1. The predicted molar refractivity (Wildman–Crippen MR) is 117 cm³/mol. The van der Waals surface area contributed by atoms with Crippen LogP contribution in [0.1, 0.15) is 48.9 Å². The molecule has 2 aromatic carbocycles. The molecule has 29 heavy (non-hydrogen) atoms. The van der Waals surface area contributed by atoms with Crippen LogP contribution < -0.4 is 9.75 Å². The van der Waals surface area contributed by atoms with Crippen molar-refractivity contribution < 1.29 is 14.6 Å². The molecule has 2 aromatic rings. The van der Waals surface area contributed by atoms with Gasteiger partial charge in [0.2, 0.25) is 0 Å². The van der Waals surface area contributed by atoms with E-state index in [-0.39, 0.29) is 12.5 Å². The second-order valence-electron chi connectivity index (χ2n) is 7.74. The van der Waals surface area contributed by atoms with Crippen LogP contribution in [0.5, 0.6) is 5.75 Å². The second kappa shape index (κ2) is 9.12. The normalized spacial score (nSPS) is 16.1. The van der Waals surface area contributed by atoms with Crippen LogP contribution in [0.2, 0.25) is 0 Å². The van der Waals surface area contributed by atoms with Gasteiger partial charge in [-0.2, -0.15) is 5.10 Å². The Bertz CT molecular complexity index is 903. The Morgan fingerprint density at radius 2 is 1.86 bits per heavy atom. The Hall–Kier alpha value is -2.82. The van der Waals surface area contributed by atoms with Crippen molar-refractivity contribution in [3.63, 3.8) is 0 Å². The molecule has 1 unspecified atom stereocenters. The van der Waals surface area contributed by atoms with Crippen LogP contribution >= 0.6 is 0 Å². The summed E-state index contributed by atoms with van der Waals surface area (Å²) in [6, 6.07) is 12.7. The van der Waals surface area contributed by atoms with Gasteiger partial charge in [0.25, 0.3) is 0 Å². The summed E-state index contributed by atoms with van der Waals surface area (Å²) in [6.45, 7) is 8.82. The summed E-state index contributed by atoms with van der Waals surface area (Å²) in [4.78, 5) is 10.9. The molecular weight excluding hydrogens is 364 g/mol. The van der Waals surface area contributed by atoms with E-state index in [1.807, 2.05) is 26.0 Å². The smallest absolute Gasteiger partial charge is 0.303 e. The number of hydrazone groups is 1. The fraction of sp³-hybridized carbons (Fsp3) is 0.417. The molecule has 0 aromatic heterocycles. The number of aliphatic carboxylic acids is 1. The Morgan fingerprint density at radius 3 is 2.52 bits per heavy atom. The summed E-state index contributed by atoms with van der Waals surface area (Å²) in [5, 5.41) is 15.7. The molecule has 1 N–H and O–H groups in total. The van der Waals surface area contributed by atoms with Crippen LogP contribution in [-0.4, -0.2) is 29.4 Å². The molecule has 1 aliphatic rings. The summed E-state index contributed by atoms with van der Waals surface area (Å²) in [7, 11) is 0. The van der Waals surface area contributed by atoms with E-state index in [1.165, 1.54) is 5.56 Å². The third kappa shape index (κ3) is 4.97. The number of rotatable bonds is 8. The van der Waals surface area contributed by atoms with Gasteiger partial charge in [-0.1, -0.05) is 25.1 Å². The molecule has 1 heterocycles. The van der Waals surface area contributed by atoms with Crippen molar-refractivity contribution in [2.24, 2.45) is 5.10 Å². The number of anilines is 1. The number of aryl methyl sites for hydroxylation is 2. The van der Waals surface area contributed by atoms with Crippen molar-refractivity contribution in [3.8, 4) is 5.75 Å². The minimum atomic E-state index is -0.772. The first kappa shape index (κ1) is 20.9. The average Bonchev–Trinajstić information content (AvgIpc) is 3.08. The van der Waals surface area contributed by atoms with Gasteiger partial charge in [-0.3, -0.25) is 9.80 Å². The lowest BCUT2D eigenvalue weighted by Crippen LogP contribution is -2.32. The highest BCUT2D eigenvalue weighted by Gasteiger charge is 2.26. The lowest BCUT2D eigenvalue weighted by atomic mass is 9.99. The fourth-order valence-corrected chi connectivity index (χ4v) is 3.72. The molecule has 0 radical (unpaired) electrons. The van der Waals surface area contributed by atoms with Crippen molar-refractivity contribution in [1.82, 2.24) is 0 Å². The Kier molecular flexibility index (Phi) is 6.57. The minimum Gasteiger partial charge on any atom is -0.491 e. The van der Waals surface area contributed by atoms with Gasteiger partial charge in [-0.05, 0) is 74.1 Å². The van der Waals surface area contributed by atoms with Crippen molar-refractivity contribution >= 4 is 17.4 Å². The first-order valence-electron chi connectivity index (χ1n) is 10.2. The molecule has 1 aliphatic heterocycles. The molecule has 0 fully saturated rings. The molecule has 1 atom stereocenters. The Labute approximate surface area is 173 Å². The second-order valence-corrected chi connectivity index (χ2v) is 7.74. The molecular formula is C24H30N2O3. The number of hydrogen-bond acceptors (Lipinski definition) is 4. The number of carboxylic acid groups (broad SMARTS) is 1. The van der Waals surface area contributed by atoms with Gasteiger partial charge >= 0.3 is 5.97 Å². The summed E-state index contributed by atoms with van der Waals surface area (Å²) < 4.78 is 6.20. The summed E-state index contributed by atoms with van der Waals surface area (Å²) in [6.07, 6.45) is 2.59. The van der Waals surface area contributed by atoms with E-state index < -0.39 is 5.97 Å². The zero-order chi connectivity index (χ0) is 21.0. The molecule has 0 amide bonds. The van der Waals surface area contributed by atoms with E-state index in [9.17, 15) is 4.79 Å². The van der Waals surface area contributed by atoms with Crippen molar-refractivity contribution in [3.05, 3.63) is 58.7 Å². The number of carboxylic acids is 1. The highest BCUT2D eigenvalue weighted by molar-refractivity contribution is 5.86. The van der Waals surface area contributed by atoms with Crippen molar-refractivity contribution in [2.75, 3.05) is 11.6 Å². The van der Waals surface area contributed by atoms with Gasteiger partial charge in [-0.25, -0.2) is 0 Å². The Balaban J connectivity index is 1.69. The van der Waals surface area contributed by atoms with Gasteiger partial charge in [0.1, 0.15) is 12.4 Å². The molecule has 0 aliphatic carbocycles. The van der Waals surface area contributed by atoms with E-state index in [0.717, 1.165) is 46.7 Å². The van der Waals surface area contributed by atoms with Crippen LogP contribution in [0.25, 0.3) is 0 Å². The van der Waals surface area contributed by atoms with E-state index in [4.69, 9.17) is 14.9 Å². The number of benzene rings is 2. The zero-order valence-corrected chi connectivity index (χ0v) is 17.7. The topological polar surface area (TPSA) is 62.1 Å². The molecule has 5 heteroatoms. The molecule has 154 valence electrons. The first-order valence-corrected chi connectivity index (χ1v) is 10.2. The molecule has 0 saturated carbocycles. The quantitative estimate of drug-likeness (QED) is 0.690. The van der Waals surface area contributed by atoms with E-state index in [1.54, 1.807) is 0 Å². The molecule has 0 spiro atoms. The highest BCUT2D eigenvalue weighted by Crippen LogP contribution is 2.28. The van der Waals surface area contributed by atoms with Gasteiger partial charge in [0, 0.05) is 18.6 Å². The zero-order valence-electron chi connectivity index (χ0n) is 17.7. The van der Waals surface area contributed by atoms with Crippen LogP contribution in [-0.2, 0) is 17.6 Å². The number of nitrogens with zero attached hydrogens (tertiary/aromatic N) is 2. The average molecular weight is 395 g/mol. The van der Waals surface area contributed by atoms with Crippen LogP contribution in [0.3, 0.4) is 0 Å². The van der Waals surface area contributed by atoms with Crippen molar-refractivity contribution in [1.29, 1.82) is 0 Å². The standard InChI is InChI=1S/C24H30N2O3/c1-5-19-6-10-21(11-7-19)26-22(14-16(2)25-26)15-29-23-12-8-20(9-13-24(27)28)17(3)18(23)4/h6-8,10-12,22H,5,9,13-15H2,1-4H3,(H,27,28). The molecule has 0 bridgehead atoms. The maximum atomic E-state index is 10.9. The molecule has 0 saturated heterocycles. The van der Waals surface area contributed by atoms with E-state index in [2.05, 4.69) is 43.1 Å². The number of hydrogen-bond donors (Lipinski definition) is 1. The lowest BCUT2D eigenvalue weighted by Gasteiger charge is -2.25. The molecule has 5 nitrogen and oxygen atoms in total. The predicted octanol–water partition coefficient (Wildman–Crippen LogP) is 4.92. The molecule has 3 rings (SSSR count). The van der Waals surface area contributed by atoms with Crippen molar-refractivity contribution in [2.45, 2.75) is 59.4 Å². The third-order valence-electron chi connectivity index (χ3n) is 5.65. The number of ether oxygens (including phenoxy) is 1. The van der Waals surface area contributed by atoms with Crippen LogP contribution in [0, 0.1) is 13.8 Å². The summed E-state index contributed by atoms with van der Waals surface area (Å²) >= 11 is 0. The monoisotopic (exact) mass is 394 g/mol. The number of carbonyl (C=O) groups is 1. The maximum absolute atomic E-state index is 10.9. The van der Waals surface area contributed by atoms with Gasteiger partial charge in [0.05, 0.1) is 11.7 Å². The summed E-state index contributed by atoms with van der Waals surface area (Å²) in [5.74, 6) is 0.0819.